The van der Waals surface area contributed by atoms with Gasteiger partial charge in [-0.3, -0.25) is 4.79 Å². The second kappa shape index (κ2) is 6.05. The molecule has 1 aliphatic heterocycles. The molecule has 1 unspecified atom stereocenters. The van der Waals surface area contributed by atoms with Crippen LogP contribution >= 0.6 is 0 Å². The molecule has 1 aromatic carbocycles. The number of hydrogen-bond donors (Lipinski definition) is 1. The zero-order chi connectivity index (χ0) is 14.7. The van der Waals surface area contributed by atoms with Crippen LogP contribution in [0.2, 0.25) is 0 Å². The second-order valence-electron chi connectivity index (χ2n) is 5.14. The molecule has 21 heavy (non-hydrogen) atoms. The lowest BCUT2D eigenvalue weighted by molar-refractivity contribution is 0.0849. The number of benzene rings is 1. The quantitative estimate of drug-likeness (QED) is 0.924. The summed E-state index contributed by atoms with van der Waals surface area (Å²) >= 11 is 0. The Balaban J connectivity index is 1.66. The van der Waals surface area contributed by atoms with Gasteiger partial charge in [-0.15, -0.1) is 5.10 Å². The van der Waals surface area contributed by atoms with E-state index in [4.69, 9.17) is 4.74 Å². The average molecular weight is 286 g/mol. The molecule has 1 N–H and O–H groups in total. The maximum absolute atomic E-state index is 12.0. The smallest absolute Gasteiger partial charge is 0.291 e. The van der Waals surface area contributed by atoms with Crippen molar-refractivity contribution >= 4 is 5.91 Å². The number of carbonyl (C=O) groups excluding carboxylic acids is 1. The van der Waals surface area contributed by atoms with E-state index in [1.807, 2.05) is 31.2 Å². The average Bonchev–Trinajstić information content (AvgIpc) is 3.17. The molecule has 1 fully saturated rings. The van der Waals surface area contributed by atoms with Crippen LogP contribution in [0.5, 0.6) is 0 Å². The number of aromatic nitrogens is 3. The highest BCUT2D eigenvalue weighted by Crippen LogP contribution is 2.12. The molecule has 0 bridgehead atoms. The first-order valence-electron chi connectivity index (χ1n) is 7.11. The van der Waals surface area contributed by atoms with E-state index in [1.165, 1.54) is 0 Å². The summed E-state index contributed by atoms with van der Waals surface area (Å²) in [7, 11) is 0. The summed E-state index contributed by atoms with van der Waals surface area (Å²) in [5, 5.41) is 7.06. The number of nitrogens with one attached hydrogen (secondary N) is 1. The summed E-state index contributed by atoms with van der Waals surface area (Å²) in [6, 6.07) is 7.83. The molecule has 2 heterocycles. The second-order valence-corrected chi connectivity index (χ2v) is 5.14. The van der Waals surface area contributed by atoms with E-state index in [-0.39, 0.29) is 17.8 Å². The lowest BCUT2D eigenvalue weighted by atomic mass is 10.2. The fourth-order valence-corrected chi connectivity index (χ4v) is 2.39. The summed E-state index contributed by atoms with van der Waals surface area (Å²) in [6.45, 7) is 3.28. The van der Waals surface area contributed by atoms with Gasteiger partial charge in [-0.1, -0.05) is 18.2 Å². The molecule has 1 aliphatic rings. The highest BCUT2D eigenvalue weighted by molar-refractivity contribution is 5.90. The van der Waals surface area contributed by atoms with Crippen molar-refractivity contribution in [1.29, 1.82) is 0 Å². The van der Waals surface area contributed by atoms with E-state index in [0.717, 1.165) is 30.7 Å². The Kier molecular flexibility index (Phi) is 3.96. The fraction of sp³-hybridized carbons (Fsp3) is 0.400. The van der Waals surface area contributed by atoms with Gasteiger partial charge in [0.1, 0.15) is 6.33 Å². The van der Waals surface area contributed by atoms with Crippen molar-refractivity contribution < 1.29 is 9.53 Å². The molecule has 6 nitrogen and oxygen atoms in total. The number of carbonyl (C=O) groups is 1. The van der Waals surface area contributed by atoms with Crippen molar-refractivity contribution in [3.05, 3.63) is 42.0 Å². The number of nitrogens with zero attached hydrogens (tertiary/aromatic N) is 3. The fourth-order valence-electron chi connectivity index (χ4n) is 2.39. The monoisotopic (exact) mass is 286 g/mol. The molecule has 6 heteroatoms. The third kappa shape index (κ3) is 3.11. The molecule has 0 radical (unpaired) electrons. The minimum absolute atomic E-state index is 0.118. The number of hydrogen-bond acceptors (Lipinski definition) is 4. The molecule has 2 aromatic rings. The maximum Gasteiger partial charge on any atom is 0.291 e. The maximum atomic E-state index is 12.0. The van der Waals surface area contributed by atoms with E-state index in [1.54, 1.807) is 11.0 Å². The molecule has 0 saturated carbocycles. The largest absolute Gasteiger partial charge is 0.376 e. The number of amides is 1. The molecular formula is C15H18N4O2. The number of rotatable bonds is 4. The first-order valence-corrected chi connectivity index (χ1v) is 7.11. The van der Waals surface area contributed by atoms with Gasteiger partial charge < -0.3 is 10.1 Å². The summed E-state index contributed by atoms with van der Waals surface area (Å²) < 4.78 is 7.09. The molecule has 3 rings (SSSR count). The van der Waals surface area contributed by atoms with Crippen molar-refractivity contribution in [2.45, 2.75) is 25.9 Å². The molecule has 1 amide bonds. The van der Waals surface area contributed by atoms with Gasteiger partial charge in [-0.2, -0.15) is 0 Å². The van der Waals surface area contributed by atoms with Crippen LogP contribution in [0.3, 0.4) is 0 Å². The van der Waals surface area contributed by atoms with Crippen LogP contribution < -0.4 is 5.32 Å². The zero-order valence-electron chi connectivity index (χ0n) is 12.0. The third-order valence-corrected chi connectivity index (χ3v) is 3.57. The zero-order valence-corrected chi connectivity index (χ0v) is 12.0. The lowest BCUT2D eigenvalue weighted by Gasteiger charge is -2.09. The molecule has 1 aromatic heterocycles. The van der Waals surface area contributed by atoms with Gasteiger partial charge in [0.15, 0.2) is 0 Å². The van der Waals surface area contributed by atoms with Crippen molar-refractivity contribution in [2.24, 2.45) is 0 Å². The Hall–Kier alpha value is -2.21. The van der Waals surface area contributed by atoms with Crippen LogP contribution in [-0.4, -0.2) is 39.9 Å². The van der Waals surface area contributed by atoms with Crippen LogP contribution in [0.4, 0.5) is 0 Å². The van der Waals surface area contributed by atoms with E-state index >= 15 is 0 Å². The Labute approximate surface area is 123 Å². The van der Waals surface area contributed by atoms with Crippen molar-refractivity contribution in [2.75, 3.05) is 13.2 Å². The summed E-state index contributed by atoms with van der Waals surface area (Å²) in [5.74, 6) is -0.0888. The Morgan fingerprint density at radius 3 is 3.10 bits per heavy atom. The Morgan fingerprint density at radius 1 is 1.48 bits per heavy atom. The normalized spacial score (nSPS) is 17.9. The third-order valence-electron chi connectivity index (χ3n) is 3.57. The summed E-state index contributed by atoms with van der Waals surface area (Å²) in [5.41, 5.74) is 2.00. The molecule has 1 atom stereocenters. The van der Waals surface area contributed by atoms with E-state index in [9.17, 15) is 4.79 Å². The van der Waals surface area contributed by atoms with Crippen molar-refractivity contribution in [3.8, 4) is 5.69 Å². The van der Waals surface area contributed by atoms with Gasteiger partial charge >= 0.3 is 0 Å². The summed E-state index contributed by atoms with van der Waals surface area (Å²) in [6.07, 6.45) is 3.72. The number of para-hydroxylation sites is 1. The lowest BCUT2D eigenvalue weighted by Crippen LogP contribution is -2.32. The predicted octanol–water partition coefficient (Wildman–Crippen LogP) is 1.48. The highest BCUT2D eigenvalue weighted by atomic mass is 16.5. The van der Waals surface area contributed by atoms with Crippen LogP contribution in [0, 0.1) is 6.92 Å². The molecule has 0 spiro atoms. The van der Waals surface area contributed by atoms with Crippen LogP contribution in [0.1, 0.15) is 29.0 Å². The number of ether oxygens (including phenoxy) is 1. The van der Waals surface area contributed by atoms with Gasteiger partial charge in [0.05, 0.1) is 11.8 Å². The molecular weight excluding hydrogens is 268 g/mol. The number of aryl methyl sites for hydroxylation is 1. The van der Waals surface area contributed by atoms with Crippen molar-refractivity contribution in [1.82, 2.24) is 20.1 Å². The van der Waals surface area contributed by atoms with E-state index < -0.39 is 0 Å². The molecule has 0 aliphatic carbocycles. The van der Waals surface area contributed by atoms with Crippen LogP contribution in [0.25, 0.3) is 5.69 Å². The van der Waals surface area contributed by atoms with Gasteiger partial charge in [0.25, 0.3) is 5.91 Å². The SMILES string of the molecule is Cc1ccccc1-n1cnc(C(=O)NCC2CCCO2)n1. The van der Waals surface area contributed by atoms with Gasteiger partial charge in [0, 0.05) is 13.2 Å². The standard InChI is InChI=1S/C15H18N4O2/c1-11-5-2-3-7-13(11)19-10-17-14(18-19)15(20)16-9-12-6-4-8-21-12/h2-3,5,7,10,12H,4,6,8-9H2,1H3,(H,16,20). The predicted molar refractivity (Wildman–Crippen MR) is 77.4 cm³/mol. The summed E-state index contributed by atoms with van der Waals surface area (Å²) in [4.78, 5) is 16.1. The van der Waals surface area contributed by atoms with Crippen LogP contribution in [-0.2, 0) is 4.74 Å². The first kappa shape index (κ1) is 13.8. The van der Waals surface area contributed by atoms with Gasteiger partial charge in [-0.05, 0) is 31.4 Å². The van der Waals surface area contributed by atoms with Crippen LogP contribution in [0.15, 0.2) is 30.6 Å². The molecule has 1 saturated heterocycles. The minimum atomic E-state index is -0.266. The first-order chi connectivity index (χ1) is 10.2. The highest BCUT2D eigenvalue weighted by Gasteiger charge is 2.18. The molecule has 110 valence electrons. The Morgan fingerprint density at radius 2 is 2.33 bits per heavy atom. The van der Waals surface area contributed by atoms with E-state index in [2.05, 4.69) is 15.4 Å². The van der Waals surface area contributed by atoms with Crippen molar-refractivity contribution in [3.63, 3.8) is 0 Å². The Bertz CT molecular complexity index is 632. The van der Waals surface area contributed by atoms with Gasteiger partial charge in [0.2, 0.25) is 5.82 Å². The minimum Gasteiger partial charge on any atom is -0.376 e. The van der Waals surface area contributed by atoms with E-state index in [0.29, 0.717) is 6.54 Å². The topological polar surface area (TPSA) is 69.0 Å². The van der Waals surface area contributed by atoms with Gasteiger partial charge in [-0.25, -0.2) is 9.67 Å².